The van der Waals surface area contributed by atoms with Gasteiger partial charge in [-0.25, -0.2) is 10.4 Å². The Morgan fingerprint density at radius 2 is 1.72 bits per heavy atom. The number of nitriles is 1. The Bertz CT molecular complexity index is 795. The molecule has 0 bridgehead atoms. The molecule has 0 aliphatic rings. The maximum absolute atomic E-state index is 10.7. The van der Waals surface area contributed by atoms with Crippen LogP contribution in [0.4, 0.5) is 5.88 Å². The van der Waals surface area contributed by atoms with Gasteiger partial charge in [-0.15, -0.1) is 0 Å². The number of aromatic nitrogens is 1. The predicted octanol–water partition coefficient (Wildman–Crippen LogP) is 4.29. The molecular formula is C19H24N4O2. The number of hydrogen-bond donors (Lipinski definition) is 2. The topological polar surface area (TPSA) is 94.4 Å². The van der Waals surface area contributed by atoms with Crippen molar-refractivity contribution in [1.29, 1.82) is 5.26 Å². The molecule has 6 nitrogen and oxygen atoms in total. The van der Waals surface area contributed by atoms with Crippen LogP contribution in [0.2, 0.25) is 0 Å². The van der Waals surface area contributed by atoms with E-state index >= 15 is 0 Å². The summed E-state index contributed by atoms with van der Waals surface area (Å²) < 4.78 is 5.07. The molecule has 0 aliphatic heterocycles. The predicted molar refractivity (Wildman–Crippen MR) is 97.9 cm³/mol. The van der Waals surface area contributed by atoms with E-state index in [1.807, 2.05) is 18.2 Å². The Morgan fingerprint density at radius 1 is 1.16 bits per heavy atom. The number of oxazole rings is 1. The van der Waals surface area contributed by atoms with Crippen LogP contribution in [0.15, 0.2) is 28.0 Å². The number of rotatable bonds is 3. The molecule has 132 valence electrons. The van der Waals surface area contributed by atoms with E-state index in [1.54, 1.807) is 6.21 Å². The Hall–Kier alpha value is -2.81. The number of benzene rings is 1. The van der Waals surface area contributed by atoms with E-state index in [0.29, 0.717) is 5.75 Å². The first kappa shape index (κ1) is 18.5. The second-order valence-corrected chi connectivity index (χ2v) is 7.98. The summed E-state index contributed by atoms with van der Waals surface area (Å²) in [5.74, 6) is 0.525. The van der Waals surface area contributed by atoms with Gasteiger partial charge in [0.2, 0.25) is 5.69 Å². The normalized spacial score (nSPS) is 12.4. The van der Waals surface area contributed by atoms with Crippen molar-refractivity contribution >= 4 is 12.1 Å². The fraction of sp³-hybridized carbons (Fsp3) is 0.421. The van der Waals surface area contributed by atoms with Crippen LogP contribution in [0.5, 0.6) is 5.75 Å². The smallest absolute Gasteiger partial charge is 0.251 e. The van der Waals surface area contributed by atoms with Crippen LogP contribution in [0.25, 0.3) is 0 Å². The highest BCUT2D eigenvalue weighted by Crippen LogP contribution is 2.39. The summed E-state index contributed by atoms with van der Waals surface area (Å²) in [5, 5.41) is 23.8. The Kier molecular flexibility index (Phi) is 4.89. The van der Waals surface area contributed by atoms with E-state index in [9.17, 15) is 5.11 Å². The highest BCUT2D eigenvalue weighted by molar-refractivity contribution is 5.82. The van der Waals surface area contributed by atoms with Crippen molar-refractivity contribution in [3.8, 4) is 11.8 Å². The van der Waals surface area contributed by atoms with E-state index < -0.39 is 0 Å². The van der Waals surface area contributed by atoms with Gasteiger partial charge in [0.05, 0.1) is 6.21 Å². The first-order valence-electron chi connectivity index (χ1n) is 8.04. The van der Waals surface area contributed by atoms with Gasteiger partial charge in [-0.05, 0) is 28.5 Å². The zero-order chi connectivity index (χ0) is 18.8. The number of hydrazone groups is 1. The van der Waals surface area contributed by atoms with Gasteiger partial charge in [-0.2, -0.15) is 10.4 Å². The number of nitrogens with one attached hydrogen (secondary N) is 1. The molecule has 2 N–H and O–H groups in total. The molecule has 0 spiro atoms. The van der Waals surface area contributed by atoms with Gasteiger partial charge in [0, 0.05) is 11.1 Å². The summed E-state index contributed by atoms with van der Waals surface area (Å²) in [4.78, 5) is 3.77. The lowest BCUT2D eigenvalue weighted by atomic mass is 9.78. The minimum absolute atomic E-state index is 0.147. The first-order chi connectivity index (χ1) is 11.5. The molecule has 1 heterocycles. The minimum Gasteiger partial charge on any atom is -0.507 e. The standard InChI is InChI=1S/C19H24N4O2/c1-18(2,3)13-7-12(8-14(16(13)24)19(4,5)6)10-22-23-17-15(9-20)21-11-25-17/h7-8,10-11,23-24H,1-6H3. The number of phenols is 1. The first-order valence-corrected chi connectivity index (χ1v) is 8.04. The van der Waals surface area contributed by atoms with Crippen molar-refractivity contribution < 1.29 is 9.52 Å². The van der Waals surface area contributed by atoms with Crippen molar-refractivity contribution in [2.45, 2.75) is 52.4 Å². The van der Waals surface area contributed by atoms with Gasteiger partial charge in [-0.3, -0.25) is 0 Å². The summed E-state index contributed by atoms with van der Waals surface area (Å²) in [6.07, 6.45) is 2.82. The molecule has 0 radical (unpaired) electrons. The second kappa shape index (κ2) is 6.60. The van der Waals surface area contributed by atoms with E-state index in [2.05, 4.69) is 57.1 Å². The molecule has 1 aromatic carbocycles. The molecule has 0 aliphatic carbocycles. The van der Waals surface area contributed by atoms with Crippen LogP contribution in [0.1, 0.15) is 63.9 Å². The summed E-state index contributed by atoms with van der Waals surface area (Å²) in [6, 6.07) is 5.75. The summed E-state index contributed by atoms with van der Waals surface area (Å²) >= 11 is 0. The summed E-state index contributed by atoms with van der Waals surface area (Å²) in [5.41, 5.74) is 4.98. The molecule has 2 rings (SSSR count). The highest BCUT2D eigenvalue weighted by atomic mass is 16.4. The van der Waals surface area contributed by atoms with Crippen LogP contribution in [0.3, 0.4) is 0 Å². The third kappa shape index (κ3) is 4.18. The molecule has 6 heteroatoms. The van der Waals surface area contributed by atoms with Gasteiger partial charge in [-0.1, -0.05) is 41.5 Å². The molecule has 2 aromatic rings. The zero-order valence-electron chi connectivity index (χ0n) is 15.5. The van der Waals surface area contributed by atoms with Crippen molar-refractivity contribution in [2.75, 3.05) is 5.43 Å². The SMILES string of the molecule is CC(C)(C)c1cc(C=NNc2ocnc2C#N)cc(C(C)(C)C)c1O. The van der Waals surface area contributed by atoms with Crippen LogP contribution >= 0.6 is 0 Å². The molecule has 25 heavy (non-hydrogen) atoms. The van der Waals surface area contributed by atoms with Gasteiger partial charge in [0.25, 0.3) is 5.88 Å². The van der Waals surface area contributed by atoms with E-state index in [4.69, 9.17) is 9.68 Å². The number of nitrogens with zero attached hydrogens (tertiary/aromatic N) is 3. The molecule has 0 fully saturated rings. The Morgan fingerprint density at radius 3 is 2.20 bits per heavy atom. The quantitative estimate of drug-likeness (QED) is 0.642. The molecule has 0 amide bonds. The molecule has 0 unspecified atom stereocenters. The summed E-state index contributed by atoms with van der Waals surface area (Å²) in [7, 11) is 0. The molecular weight excluding hydrogens is 316 g/mol. The van der Waals surface area contributed by atoms with Crippen molar-refractivity contribution in [3.05, 3.63) is 40.9 Å². The van der Waals surface area contributed by atoms with Crippen molar-refractivity contribution in [2.24, 2.45) is 5.10 Å². The highest BCUT2D eigenvalue weighted by Gasteiger charge is 2.26. The van der Waals surface area contributed by atoms with E-state index in [-0.39, 0.29) is 22.4 Å². The van der Waals surface area contributed by atoms with E-state index in [1.165, 1.54) is 6.39 Å². The molecule has 0 saturated carbocycles. The van der Waals surface area contributed by atoms with Crippen molar-refractivity contribution in [1.82, 2.24) is 4.98 Å². The van der Waals surface area contributed by atoms with Crippen molar-refractivity contribution in [3.63, 3.8) is 0 Å². The molecule has 1 aromatic heterocycles. The Labute approximate surface area is 148 Å². The monoisotopic (exact) mass is 340 g/mol. The van der Waals surface area contributed by atoms with Crippen LogP contribution in [-0.2, 0) is 10.8 Å². The fourth-order valence-corrected chi connectivity index (χ4v) is 2.45. The average molecular weight is 340 g/mol. The Balaban J connectivity index is 2.41. The van der Waals surface area contributed by atoms with Crippen LogP contribution < -0.4 is 5.43 Å². The fourth-order valence-electron chi connectivity index (χ4n) is 2.45. The van der Waals surface area contributed by atoms with Crippen LogP contribution in [0, 0.1) is 11.3 Å². The van der Waals surface area contributed by atoms with E-state index in [0.717, 1.165) is 16.7 Å². The molecule has 0 saturated heterocycles. The maximum Gasteiger partial charge on any atom is 0.251 e. The van der Waals surface area contributed by atoms with Gasteiger partial charge >= 0.3 is 0 Å². The van der Waals surface area contributed by atoms with Gasteiger partial charge in [0.15, 0.2) is 6.39 Å². The second-order valence-electron chi connectivity index (χ2n) is 7.98. The number of anilines is 1. The third-order valence-corrected chi connectivity index (χ3v) is 3.80. The lowest BCUT2D eigenvalue weighted by molar-refractivity contribution is 0.423. The van der Waals surface area contributed by atoms with Gasteiger partial charge in [0.1, 0.15) is 11.8 Å². The number of aromatic hydroxyl groups is 1. The number of phenolic OH excluding ortho intramolecular Hbond substituents is 1. The average Bonchev–Trinajstić information content (AvgIpc) is 2.93. The molecule has 0 atom stereocenters. The minimum atomic E-state index is -0.208. The van der Waals surface area contributed by atoms with Crippen LogP contribution in [-0.4, -0.2) is 16.3 Å². The maximum atomic E-state index is 10.7. The zero-order valence-corrected chi connectivity index (χ0v) is 15.5. The lowest BCUT2D eigenvalue weighted by Gasteiger charge is -2.27. The largest absolute Gasteiger partial charge is 0.507 e. The van der Waals surface area contributed by atoms with Gasteiger partial charge < -0.3 is 9.52 Å². The lowest BCUT2D eigenvalue weighted by Crippen LogP contribution is -2.17. The number of hydrogen-bond acceptors (Lipinski definition) is 6. The summed E-state index contributed by atoms with van der Waals surface area (Å²) in [6.45, 7) is 12.3. The third-order valence-electron chi connectivity index (χ3n) is 3.80.